The smallest absolute Gasteiger partial charge is 0.227 e. The van der Waals surface area contributed by atoms with Gasteiger partial charge >= 0.3 is 0 Å². The Labute approximate surface area is 222 Å². The molecule has 8 aromatic rings. The van der Waals surface area contributed by atoms with Crippen molar-refractivity contribution in [1.82, 2.24) is 20.2 Å². The third-order valence-corrected chi connectivity index (χ3v) is 7.54. The monoisotopic (exact) mass is 506 g/mol. The van der Waals surface area contributed by atoms with E-state index in [2.05, 4.69) is 65.7 Å². The van der Waals surface area contributed by atoms with Gasteiger partial charge in [-0.3, -0.25) is 5.10 Å². The topological polar surface area (TPSA) is 76.8 Å². The zero-order chi connectivity index (χ0) is 26.1. The van der Waals surface area contributed by atoms with Crippen LogP contribution < -0.4 is 4.74 Å². The lowest BCUT2D eigenvalue weighted by atomic mass is 9.91. The van der Waals surface area contributed by atoms with E-state index in [1.807, 2.05) is 42.6 Å². The van der Waals surface area contributed by atoms with Crippen molar-refractivity contribution < 1.29 is 9.15 Å². The van der Waals surface area contributed by atoms with Crippen molar-refractivity contribution in [1.29, 1.82) is 0 Å². The number of aromatic nitrogens is 4. The van der Waals surface area contributed by atoms with E-state index in [0.717, 1.165) is 77.0 Å². The standard InChI is InChI=1S/C33H22N4O2/c1-18-7-9-19(10-8-18)27-28-24-17-34-37-25(24)15-16-26(28)35-30-22-5-3-4-6-23(22)31-32(29(27)30)39-33(36-31)20-11-13-21(38-2)14-12-20/h3-17H,1-2H3,(H,34,37). The SMILES string of the molecule is COc1ccc(-c2nc3c4ccccc4c4nc5ccc6[nH]ncc6c5c(-c5ccc(C)cc5)c4c3o2)cc1. The van der Waals surface area contributed by atoms with Crippen LogP contribution in [0.25, 0.3) is 77.2 Å². The van der Waals surface area contributed by atoms with Gasteiger partial charge in [0.05, 0.1) is 35.2 Å². The molecule has 5 aromatic carbocycles. The summed E-state index contributed by atoms with van der Waals surface area (Å²) in [4.78, 5) is 10.3. The van der Waals surface area contributed by atoms with E-state index in [9.17, 15) is 0 Å². The number of hydrogen-bond acceptors (Lipinski definition) is 5. The summed E-state index contributed by atoms with van der Waals surface area (Å²) in [6.45, 7) is 2.10. The lowest BCUT2D eigenvalue weighted by Crippen LogP contribution is -1.92. The number of oxazole rings is 1. The van der Waals surface area contributed by atoms with Gasteiger partial charge in [0.25, 0.3) is 0 Å². The van der Waals surface area contributed by atoms with Crippen LogP contribution in [-0.4, -0.2) is 27.3 Å². The fourth-order valence-electron chi connectivity index (χ4n) is 5.63. The predicted octanol–water partition coefficient (Wildman–Crippen LogP) is 8.21. The average molecular weight is 507 g/mol. The van der Waals surface area contributed by atoms with E-state index >= 15 is 0 Å². The van der Waals surface area contributed by atoms with Crippen LogP contribution in [0.1, 0.15) is 5.56 Å². The van der Waals surface area contributed by atoms with Gasteiger partial charge in [-0.25, -0.2) is 9.97 Å². The second-order valence-corrected chi connectivity index (χ2v) is 9.84. The Hall–Kier alpha value is -5.23. The average Bonchev–Trinajstić information content (AvgIpc) is 3.65. The summed E-state index contributed by atoms with van der Waals surface area (Å²) in [5, 5.41) is 12.5. The summed E-state index contributed by atoms with van der Waals surface area (Å²) in [7, 11) is 1.66. The highest BCUT2D eigenvalue weighted by molar-refractivity contribution is 6.30. The maximum atomic E-state index is 6.66. The number of nitrogens with one attached hydrogen (secondary N) is 1. The number of ether oxygens (including phenoxy) is 1. The number of hydrogen-bond donors (Lipinski definition) is 1. The minimum atomic E-state index is 0.557. The first-order valence-corrected chi connectivity index (χ1v) is 12.8. The number of nitrogens with zero attached hydrogens (tertiary/aromatic N) is 3. The van der Waals surface area contributed by atoms with E-state index < -0.39 is 0 Å². The second-order valence-electron chi connectivity index (χ2n) is 9.84. The molecular formula is C33H22N4O2. The Bertz CT molecular complexity index is 2210. The van der Waals surface area contributed by atoms with Gasteiger partial charge in [-0.2, -0.15) is 5.10 Å². The Balaban J connectivity index is 1.61. The van der Waals surface area contributed by atoms with Crippen molar-refractivity contribution in [2.75, 3.05) is 7.11 Å². The molecule has 0 saturated carbocycles. The zero-order valence-corrected chi connectivity index (χ0v) is 21.3. The van der Waals surface area contributed by atoms with E-state index in [1.165, 1.54) is 5.56 Å². The van der Waals surface area contributed by atoms with Crippen LogP contribution in [0.5, 0.6) is 5.75 Å². The number of pyridine rings is 1. The summed E-state index contributed by atoms with van der Waals surface area (Å²) < 4.78 is 12.0. The second kappa shape index (κ2) is 8.13. The number of aromatic amines is 1. The van der Waals surface area contributed by atoms with Crippen LogP contribution in [0.3, 0.4) is 0 Å². The molecule has 6 heteroatoms. The highest BCUT2D eigenvalue weighted by Gasteiger charge is 2.23. The summed E-state index contributed by atoms with van der Waals surface area (Å²) in [5.74, 6) is 1.34. The van der Waals surface area contributed by atoms with Crippen molar-refractivity contribution in [2.45, 2.75) is 6.92 Å². The Kier molecular flexibility index (Phi) is 4.55. The largest absolute Gasteiger partial charge is 0.497 e. The molecule has 1 N–H and O–H groups in total. The van der Waals surface area contributed by atoms with Gasteiger partial charge < -0.3 is 9.15 Å². The van der Waals surface area contributed by atoms with Crippen molar-refractivity contribution >= 4 is 54.6 Å². The third-order valence-electron chi connectivity index (χ3n) is 7.54. The number of fused-ring (bicyclic) bond motifs is 9. The van der Waals surface area contributed by atoms with Crippen LogP contribution in [-0.2, 0) is 0 Å². The van der Waals surface area contributed by atoms with Crippen LogP contribution in [0, 0.1) is 6.92 Å². The van der Waals surface area contributed by atoms with Crippen molar-refractivity contribution in [3.05, 3.63) is 96.7 Å². The molecule has 0 aliphatic carbocycles. The van der Waals surface area contributed by atoms with Gasteiger partial charge in [-0.1, -0.05) is 54.1 Å². The molecule has 0 unspecified atom stereocenters. The van der Waals surface area contributed by atoms with E-state index in [0.29, 0.717) is 5.89 Å². The quantitative estimate of drug-likeness (QED) is 0.193. The summed E-state index contributed by atoms with van der Waals surface area (Å²) in [6.07, 6.45) is 1.88. The molecule has 0 atom stereocenters. The molecule has 0 radical (unpaired) electrons. The fourth-order valence-corrected chi connectivity index (χ4v) is 5.63. The van der Waals surface area contributed by atoms with Crippen molar-refractivity contribution in [3.8, 4) is 28.3 Å². The highest BCUT2D eigenvalue weighted by atomic mass is 16.5. The third kappa shape index (κ3) is 3.18. The van der Waals surface area contributed by atoms with Crippen LogP contribution in [0.4, 0.5) is 0 Å². The highest BCUT2D eigenvalue weighted by Crippen LogP contribution is 2.45. The summed E-state index contributed by atoms with van der Waals surface area (Å²) in [5.41, 5.74) is 8.54. The van der Waals surface area contributed by atoms with E-state index in [4.69, 9.17) is 19.1 Å². The first kappa shape index (κ1) is 21.8. The molecule has 8 rings (SSSR count). The Morgan fingerprint density at radius 1 is 0.718 bits per heavy atom. The molecule has 39 heavy (non-hydrogen) atoms. The maximum absolute atomic E-state index is 6.66. The number of benzene rings is 5. The molecule has 3 heterocycles. The van der Waals surface area contributed by atoms with E-state index in [1.54, 1.807) is 7.11 Å². The fraction of sp³-hybridized carbons (Fsp3) is 0.0606. The van der Waals surface area contributed by atoms with Gasteiger partial charge in [-0.15, -0.1) is 0 Å². The molecule has 6 nitrogen and oxygen atoms in total. The van der Waals surface area contributed by atoms with Crippen LogP contribution in [0.2, 0.25) is 0 Å². The van der Waals surface area contributed by atoms with E-state index in [-0.39, 0.29) is 0 Å². The van der Waals surface area contributed by atoms with Crippen molar-refractivity contribution in [2.24, 2.45) is 0 Å². The molecule has 186 valence electrons. The minimum Gasteiger partial charge on any atom is -0.497 e. The van der Waals surface area contributed by atoms with Gasteiger partial charge in [0.2, 0.25) is 5.89 Å². The van der Waals surface area contributed by atoms with Gasteiger partial charge in [0.15, 0.2) is 5.58 Å². The molecule has 0 amide bonds. The number of methoxy groups -OCH3 is 1. The first-order valence-electron chi connectivity index (χ1n) is 12.8. The first-order chi connectivity index (χ1) is 19.2. The van der Waals surface area contributed by atoms with Gasteiger partial charge in [0.1, 0.15) is 11.3 Å². The van der Waals surface area contributed by atoms with Gasteiger partial charge in [-0.05, 0) is 48.9 Å². The number of rotatable bonds is 3. The number of H-pyrrole nitrogens is 1. The van der Waals surface area contributed by atoms with Crippen LogP contribution in [0.15, 0.2) is 95.5 Å². The van der Waals surface area contributed by atoms with Gasteiger partial charge in [0, 0.05) is 32.7 Å². The maximum Gasteiger partial charge on any atom is 0.227 e. The molecule has 0 aliphatic heterocycles. The molecule has 0 bridgehead atoms. The van der Waals surface area contributed by atoms with Crippen LogP contribution >= 0.6 is 0 Å². The molecule has 0 aliphatic rings. The molecule has 0 spiro atoms. The predicted molar refractivity (Wildman–Crippen MR) is 156 cm³/mol. The Morgan fingerprint density at radius 3 is 2.23 bits per heavy atom. The molecule has 0 saturated heterocycles. The normalized spacial score (nSPS) is 11.8. The minimum absolute atomic E-state index is 0.557. The summed E-state index contributed by atoms with van der Waals surface area (Å²) in [6, 6.07) is 28.8. The molecule has 3 aromatic heterocycles. The lowest BCUT2D eigenvalue weighted by molar-refractivity contribution is 0.415. The summed E-state index contributed by atoms with van der Waals surface area (Å²) >= 11 is 0. The Morgan fingerprint density at radius 2 is 1.46 bits per heavy atom. The molecular weight excluding hydrogens is 484 g/mol. The zero-order valence-electron chi connectivity index (χ0n) is 21.3. The van der Waals surface area contributed by atoms with Crippen molar-refractivity contribution in [3.63, 3.8) is 0 Å². The molecule has 0 fully saturated rings. The lowest BCUT2D eigenvalue weighted by Gasteiger charge is -2.14. The number of aryl methyl sites for hydroxylation is 1.